The number of ether oxygens (including phenoxy) is 2. The van der Waals surface area contributed by atoms with Crippen LogP contribution in [0.25, 0.3) is 11.7 Å². The average molecular weight is 458 g/mol. The molecule has 3 heterocycles. The zero-order valence-electron chi connectivity index (χ0n) is 16.1. The standard InChI is InChI=1S/C21H20BrN3O4/c1-13-10-25(11-14(2)27-13)21-18(9-23)24-20(29-21)19-8-7-17(28-19)12-26-16-5-3-15(22)4-6-16/h3-8,13-14H,10-12H2,1-2H3/t13-,14+. The molecule has 2 aromatic heterocycles. The van der Waals surface area contributed by atoms with Gasteiger partial charge in [0.2, 0.25) is 11.6 Å². The highest BCUT2D eigenvalue weighted by Crippen LogP contribution is 2.31. The number of halogens is 1. The van der Waals surface area contributed by atoms with Gasteiger partial charge in [0.1, 0.15) is 24.2 Å². The largest absolute Gasteiger partial charge is 0.486 e. The Balaban J connectivity index is 1.50. The molecule has 0 amide bonds. The van der Waals surface area contributed by atoms with Crippen LogP contribution in [0.4, 0.5) is 5.88 Å². The summed E-state index contributed by atoms with van der Waals surface area (Å²) in [6.07, 6.45) is 0.0923. The van der Waals surface area contributed by atoms with Crippen LogP contribution in [0.15, 0.2) is 49.7 Å². The minimum absolute atomic E-state index is 0.0461. The third-order valence-corrected chi connectivity index (χ3v) is 5.02. The van der Waals surface area contributed by atoms with E-state index in [1.807, 2.05) is 49.1 Å². The highest BCUT2D eigenvalue weighted by atomic mass is 79.9. The lowest BCUT2D eigenvalue weighted by Gasteiger charge is -2.34. The monoisotopic (exact) mass is 457 g/mol. The van der Waals surface area contributed by atoms with E-state index in [1.54, 1.807) is 6.07 Å². The molecule has 2 atom stereocenters. The topological polar surface area (TPSA) is 84.7 Å². The first-order valence-electron chi connectivity index (χ1n) is 9.30. The van der Waals surface area contributed by atoms with Gasteiger partial charge in [-0.1, -0.05) is 15.9 Å². The van der Waals surface area contributed by atoms with Crippen LogP contribution >= 0.6 is 15.9 Å². The predicted molar refractivity (Wildman–Crippen MR) is 110 cm³/mol. The SMILES string of the molecule is C[C@@H]1CN(c2oc(-c3ccc(COc4ccc(Br)cc4)o3)nc2C#N)C[C@H](C)O1. The highest BCUT2D eigenvalue weighted by molar-refractivity contribution is 9.10. The second-order valence-corrected chi connectivity index (χ2v) is 7.87. The molecule has 0 aliphatic carbocycles. The Bertz CT molecular complexity index is 1010. The molecule has 7 nitrogen and oxygen atoms in total. The number of hydrogen-bond acceptors (Lipinski definition) is 7. The summed E-state index contributed by atoms with van der Waals surface area (Å²) in [6.45, 7) is 5.54. The molecule has 1 saturated heterocycles. The molecule has 0 bridgehead atoms. The Kier molecular flexibility index (Phi) is 5.60. The third-order valence-electron chi connectivity index (χ3n) is 4.49. The molecular weight excluding hydrogens is 438 g/mol. The van der Waals surface area contributed by atoms with Gasteiger partial charge >= 0.3 is 0 Å². The Labute approximate surface area is 177 Å². The van der Waals surface area contributed by atoms with E-state index in [-0.39, 0.29) is 30.4 Å². The van der Waals surface area contributed by atoms with E-state index >= 15 is 0 Å². The number of oxazole rings is 1. The summed E-state index contributed by atoms with van der Waals surface area (Å²) in [5.74, 6) is 2.56. The number of nitriles is 1. The van der Waals surface area contributed by atoms with E-state index in [9.17, 15) is 5.26 Å². The van der Waals surface area contributed by atoms with Crippen LogP contribution in [0.2, 0.25) is 0 Å². The van der Waals surface area contributed by atoms with Crippen molar-refractivity contribution in [1.29, 1.82) is 5.26 Å². The molecule has 0 spiro atoms. The molecule has 29 heavy (non-hydrogen) atoms. The smallest absolute Gasteiger partial charge is 0.266 e. The molecule has 0 N–H and O–H groups in total. The summed E-state index contributed by atoms with van der Waals surface area (Å²) < 4.78 is 24.2. The maximum absolute atomic E-state index is 9.49. The maximum Gasteiger partial charge on any atom is 0.266 e. The van der Waals surface area contributed by atoms with E-state index < -0.39 is 0 Å². The van der Waals surface area contributed by atoms with E-state index in [2.05, 4.69) is 27.0 Å². The number of nitrogens with zero attached hydrogens (tertiary/aromatic N) is 3. The van der Waals surface area contributed by atoms with Gasteiger partial charge in [0.25, 0.3) is 5.89 Å². The van der Waals surface area contributed by atoms with Crippen molar-refractivity contribution in [2.75, 3.05) is 18.0 Å². The van der Waals surface area contributed by atoms with Crippen LogP contribution < -0.4 is 9.64 Å². The van der Waals surface area contributed by atoms with Crippen molar-refractivity contribution >= 4 is 21.8 Å². The summed E-state index contributed by atoms with van der Waals surface area (Å²) in [5.41, 5.74) is 0.241. The summed E-state index contributed by atoms with van der Waals surface area (Å²) in [5, 5.41) is 9.49. The Morgan fingerprint density at radius 1 is 1.14 bits per heavy atom. The van der Waals surface area contributed by atoms with Gasteiger partial charge in [-0.3, -0.25) is 0 Å². The first kappa shape index (κ1) is 19.6. The molecular formula is C21H20BrN3O4. The highest BCUT2D eigenvalue weighted by Gasteiger charge is 2.28. The van der Waals surface area contributed by atoms with Gasteiger partial charge in [-0.25, -0.2) is 0 Å². The average Bonchev–Trinajstić information content (AvgIpc) is 3.33. The number of morpholine rings is 1. The van der Waals surface area contributed by atoms with Crippen molar-refractivity contribution in [3.63, 3.8) is 0 Å². The second-order valence-electron chi connectivity index (χ2n) is 6.96. The molecule has 1 aliphatic rings. The number of furan rings is 1. The van der Waals surface area contributed by atoms with Crippen molar-refractivity contribution in [3.8, 4) is 23.5 Å². The van der Waals surface area contributed by atoms with Crippen LogP contribution in [0.3, 0.4) is 0 Å². The van der Waals surface area contributed by atoms with Gasteiger partial charge in [-0.05, 0) is 50.2 Å². The zero-order valence-corrected chi connectivity index (χ0v) is 17.7. The van der Waals surface area contributed by atoms with Crippen molar-refractivity contribution in [2.24, 2.45) is 0 Å². The molecule has 8 heteroatoms. The lowest BCUT2D eigenvalue weighted by molar-refractivity contribution is -0.00639. The Morgan fingerprint density at radius 3 is 2.55 bits per heavy atom. The van der Waals surface area contributed by atoms with Crippen LogP contribution in [0.1, 0.15) is 25.3 Å². The second kappa shape index (κ2) is 8.31. The lowest BCUT2D eigenvalue weighted by Crippen LogP contribution is -2.45. The van der Waals surface area contributed by atoms with Gasteiger partial charge in [0.15, 0.2) is 5.76 Å². The van der Waals surface area contributed by atoms with Gasteiger partial charge in [-0.15, -0.1) is 0 Å². The van der Waals surface area contributed by atoms with E-state index in [4.69, 9.17) is 18.3 Å². The number of anilines is 1. The summed E-state index contributed by atoms with van der Waals surface area (Å²) >= 11 is 3.39. The van der Waals surface area contributed by atoms with Crippen LogP contribution in [0, 0.1) is 11.3 Å². The summed E-state index contributed by atoms with van der Waals surface area (Å²) in [4.78, 5) is 6.31. The van der Waals surface area contributed by atoms with Crippen molar-refractivity contribution in [3.05, 3.63) is 52.3 Å². The quantitative estimate of drug-likeness (QED) is 0.545. The molecule has 3 aromatic rings. The lowest BCUT2D eigenvalue weighted by atomic mass is 10.2. The predicted octanol–water partition coefficient (Wildman–Crippen LogP) is 4.76. The van der Waals surface area contributed by atoms with Crippen molar-refractivity contribution in [1.82, 2.24) is 4.98 Å². The fraction of sp³-hybridized carbons (Fsp3) is 0.333. The van der Waals surface area contributed by atoms with Gasteiger partial charge < -0.3 is 23.2 Å². The molecule has 1 aliphatic heterocycles. The molecule has 4 rings (SSSR count). The first-order chi connectivity index (χ1) is 14.0. The van der Waals surface area contributed by atoms with Crippen molar-refractivity contribution in [2.45, 2.75) is 32.7 Å². The van der Waals surface area contributed by atoms with Crippen LogP contribution in [-0.4, -0.2) is 30.3 Å². The number of aromatic nitrogens is 1. The van der Waals surface area contributed by atoms with Crippen molar-refractivity contribution < 1.29 is 18.3 Å². The number of rotatable bonds is 5. The van der Waals surface area contributed by atoms with Gasteiger partial charge in [-0.2, -0.15) is 10.2 Å². The minimum atomic E-state index is 0.0461. The number of hydrogen-bond donors (Lipinski definition) is 0. The molecule has 0 radical (unpaired) electrons. The Hall–Kier alpha value is -2.76. The van der Waals surface area contributed by atoms with E-state index in [0.717, 1.165) is 10.2 Å². The van der Waals surface area contributed by atoms with Gasteiger partial charge in [0.05, 0.1) is 12.2 Å². The van der Waals surface area contributed by atoms with Crippen LogP contribution in [0.5, 0.6) is 5.75 Å². The fourth-order valence-electron chi connectivity index (χ4n) is 3.30. The zero-order chi connectivity index (χ0) is 20.4. The summed E-state index contributed by atoms with van der Waals surface area (Å²) in [6, 6.07) is 13.3. The van der Waals surface area contributed by atoms with E-state index in [1.165, 1.54) is 0 Å². The van der Waals surface area contributed by atoms with Gasteiger partial charge in [0, 0.05) is 17.6 Å². The fourth-order valence-corrected chi connectivity index (χ4v) is 3.57. The maximum atomic E-state index is 9.49. The molecule has 150 valence electrons. The number of benzene rings is 1. The molecule has 1 aromatic carbocycles. The normalized spacial score (nSPS) is 19.2. The van der Waals surface area contributed by atoms with Crippen LogP contribution in [-0.2, 0) is 11.3 Å². The first-order valence-corrected chi connectivity index (χ1v) is 10.1. The molecule has 0 saturated carbocycles. The molecule has 0 unspecified atom stereocenters. The third kappa shape index (κ3) is 4.47. The summed E-state index contributed by atoms with van der Waals surface area (Å²) in [7, 11) is 0. The van der Waals surface area contributed by atoms with E-state index in [0.29, 0.717) is 30.5 Å². The molecule has 1 fully saturated rings. The Morgan fingerprint density at radius 2 is 1.86 bits per heavy atom. The minimum Gasteiger partial charge on any atom is -0.486 e.